The van der Waals surface area contributed by atoms with Crippen molar-refractivity contribution in [2.45, 2.75) is 49.4 Å². The van der Waals surface area contributed by atoms with Crippen molar-refractivity contribution >= 4 is 15.9 Å². The van der Waals surface area contributed by atoms with Gasteiger partial charge in [0.25, 0.3) is 0 Å². The molecule has 0 aromatic heterocycles. The van der Waals surface area contributed by atoms with E-state index in [1.807, 2.05) is 0 Å². The van der Waals surface area contributed by atoms with E-state index in [4.69, 9.17) is 5.14 Å². The first-order valence-electron chi connectivity index (χ1n) is 6.76. The van der Waals surface area contributed by atoms with E-state index in [-0.39, 0.29) is 24.9 Å². The topological polar surface area (TPSA) is 83.7 Å². The number of primary sulfonamides is 1. The summed E-state index contributed by atoms with van der Waals surface area (Å²) in [6.07, 6.45) is 4.06. The number of sulfonamides is 1. The van der Waals surface area contributed by atoms with Crippen molar-refractivity contribution in [1.29, 1.82) is 0 Å². The molecule has 1 unspecified atom stereocenters. The lowest BCUT2D eigenvalue weighted by Crippen LogP contribution is -2.43. The van der Waals surface area contributed by atoms with Gasteiger partial charge in [0.2, 0.25) is 15.9 Å². The second-order valence-corrected chi connectivity index (χ2v) is 7.73. The Bertz CT molecular complexity index is 441. The molecule has 0 radical (unpaired) electrons. The molecule has 1 heterocycles. The van der Waals surface area contributed by atoms with Crippen LogP contribution < -0.4 is 5.14 Å². The van der Waals surface area contributed by atoms with Crippen LogP contribution in [0.5, 0.6) is 0 Å². The molecule has 110 valence electrons. The maximum atomic E-state index is 11.9. The minimum absolute atomic E-state index is 0.0481. The molecule has 0 spiro atoms. The van der Waals surface area contributed by atoms with Gasteiger partial charge in [-0.25, -0.2) is 13.6 Å². The molecule has 0 aromatic rings. The van der Waals surface area contributed by atoms with Crippen LogP contribution in [-0.4, -0.2) is 62.1 Å². The zero-order valence-corrected chi connectivity index (χ0v) is 12.4. The smallest absolute Gasteiger partial charge is 0.224 e. The number of nitrogens with two attached hydrogens (primary N) is 1. The Hall–Kier alpha value is -0.660. The predicted octanol–water partition coefficient (Wildman–Crippen LogP) is -0.251. The number of rotatable bonds is 3. The Kier molecular flexibility index (Phi) is 4.17. The Labute approximate surface area is 115 Å². The molecule has 7 heteroatoms. The summed E-state index contributed by atoms with van der Waals surface area (Å²) < 4.78 is 22.7. The maximum absolute atomic E-state index is 11.9. The quantitative estimate of drug-likeness (QED) is 0.776. The van der Waals surface area contributed by atoms with Gasteiger partial charge in [-0.1, -0.05) is 0 Å². The molecule has 1 aliphatic heterocycles. The highest BCUT2D eigenvalue weighted by Gasteiger charge is 2.40. The molecule has 1 atom stereocenters. The SMILES string of the molecule is CN(C)C1CCC(N2CC(S(N)(=O)=O)CC2=O)CC1. The zero-order chi connectivity index (χ0) is 14.2. The maximum Gasteiger partial charge on any atom is 0.224 e. The van der Waals surface area contributed by atoms with Crippen LogP contribution in [0.1, 0.15) is 32.1 Å². The standard InChI is InChI=1S/C12H23N3O3S/c1-14(2)9-3-5-10(6-4-9)15-8-11(7-12(15)16)19(13,17)18/h9-11H,3-8H2,1-2H3,(H2,13,17,18). The van der Waals surface area contributed by atoms with Gasteiger partial charge in [-0.15, -0.1) is 0 Å². The van der Waals surface area contributed by atoms with Gasteiger partial charge in [0, 0.05) is 25.0 Å². The summed E-state index contributed by atoms with van der Waals surface area (Å²) >= 11 is 0. The third-order valence-electron chi connectivity index (χ3n) is 4.42. The van der Waals surface area contributed by atoms with E-state index in [1.54, 1.807) is 4.90 Å². The Morgan fingerprint density at radius 2 is 1.79 bits per heavy atom. The Morgan fingerprint density at radius 1 is 1.21 bits per heavy atom. The molecule has 0 bridgehead atoms. The van der Waals surface area contributed by atoms with Crippen LogP contribution in [0.2, 0.25) is 0 Å². The molecule has 19 heavy (non-hydrogen) atoms. The molecule has 2 rings (SSSR count). The fourth-order valence-electron chi connectivity index (χ4n) is 3.16. The summed E-state index contributed by atoms with van der Waals surface area (Å²) in [4.78, 5) is 15.9. The molecular formula is C12H23N3O3S. The first-order valence-corrected chi connectivity index (χ1v) is 8.37. The summed E-state index contributed by atoms with van der Waals surface area (Å²) in [5, 5.41) is 4.43. The van der Waals surface area contributed by atoms with Gasteiger partial charge in [0.15, 0.2) is 0 Å². The number of amides is 1. The Balaban J connectivity index is 1.95. The van der Waals surface area contributed by atoms with E-state index in [1.165, 1.54) is 0 Å². The van der Waals surface area contributed by atoms with Crippen molar-refractivity contribution in [2.24, 2.45) is 5.14 Å². The summed E-state index contributed by atoms with van der Waals surface area (Å²) in [5.41, 5.74) is 0. The average Bonchev–Trinajstić information content (AvgIpc) is 2.71. The first-order chi connectivity index (χ1) is 8.79. The number of nitrogens with zero attached hydrogens (tertiary/aromatic N) is 2. The van der Waals surface area contributed by atoms with Crippen molar-refractivity contribution in [3.8, 4) is 0 Å². The van der Waals surface area contributed by atoms with Crippen LogP contribution in [0, 0.1) is 0 Å². The van der Waals surface area contributed by atoms with Gasteiger partial charge in [0.05, 0.1) is 0 Å². The average molecular weight is 289 g/mol. The molecule has 6 nitrogen and oxygen atoms in total. The highest BCUT2D eigenvalue weighted by Crippen LogP contribution is 2.29. The lowest BCUT2D eigenvalue weighted by atomic mass is 9.90. The van der Waals surface area contributed by atoms with Crippen molar-refractivity contribution < 1.29 is 13.2 Å². The molecular weight excluding hydrogens is 266 g/mol. The van der Waals surface area contributed by atoms with Crippen molar-refractivity contribution in [3.05, 3.63) is 0 Å². The number of carbonyl (C=O) groups excluding carboxylic acids is 1. The highest BCUT2D eigenvalue weighted by molar-refractivity contribution is 7.89. The summed E-state index contributed by atoms with van der Waals surface area (Å²) in [7, 11) is 0.543. The first kappa shape index (κ1) is 14.7. The molecule has 1 amide bonds. The molecule has 2 aliphatic rings. The van der Waals surface area contributed by atoms with E-state index < -0.39 is 15.3 Å². The second kappa shape index (κ2) is 5.38. The largest absolute Gasteiger partial charge is 0.338 e. The van der Waals surface area contributed by atoms with Gasteiger partial charge in [-0.05, 0) is 39.8 Å². The van der Waals surface area contributed by atoms with E-state index in [9.17, 15) is 13.2 Å². The van der Waals surface area contributed by atoms with Gasteiger partial charge in [-0.3, -0.25) is 4.79 Å². The fourth-order valence-corrected chi connectivity index (χ4v) is 3.90. The molecule has 1 saturated heterocycles. The summed E-state index contributed by atoms with van der Waals surface area (Å²) in [5.74, 6) is -0.0627. The third-order valence-corrected chi connectivity index (χ3v) is 5.67. The highest BCUT2D eigenvalue weighted by atomic mass is 32.2. The van der Waals surface area contributed by atoms with Gasteiger partial charge < -0.3 is 9.80 Å². The third kappa shape index (κ3) is 3.27. The van der Waals surface area contributed by atoms with E-state index in [2.05, 4.69) is 19.0 Å². The molecule has 1 aliphatic carbocycles. The van der Waals surface area contributed by atoms with E-state index >= 15 is 0 Å². The van der Waals surface area contributed by atoms with Gasteiger partial charge >= 0.3 is 0 Å². The molecule has 2 N–H and O–H groups in total. The predicted molar refractivity (Wildman–Crippen MR) is 73.0 cm³/mol. The number of carbonyl (C=O) groups is 1. The van der Waals surface area contributed by atoms with Crippen LogP contribution in [0.25, 0.3) is 0 Å². The van der Waals surface area contributed by atoms with Crippen LogP contribution in [0.4, 0.5) is 0 Å². The van der Waals surface area contributed by atoms with Crippen LogP contribution in [-0.2, 0) is 14.8 Å². The Morgan fingerprint density at radius 3 is 2.21 bits per heavy atom. The van der Waals surface area contributed by atoms with Crippen LogP contribution in [0.15, 0.2) is 0 Å². The molecule has 2 fully saturated rings. The van der Waals surface area contributed by atoms with Crippen molar-refractivity contribution in [1.82, 2.24) is 9.80 Å². The van der Waals surface area contributed by atoms with Gasteiger partial charge in [-0.2, -0.15) is 0 Å². The van der Waals surface area contributed by atoms with Gasteiger partial charge in [0.1, 0.15) is 5.25 Å². The van der Waals surface area contributed by atoms with Crippen molar-refractivity contribution in [2.75, 3.05) is 20.6 Å². The molecule has 0 aromatic carbocycles. The van der Waals surface area contributed by atoms with E-state index in [0.29, 0.717) is 6.04 Å². The van der Waals surface area contributed by atoms with Crippen LogP contribution in [0.3, 0.4) is 0 Å². The van der Waals surface area contributed by atoms with Crippen molar-refractivity contribution in [3.63, 3.8) is 0 Å². The summed E-state index contributed by atoms with van der Waals surface area (Å²) in [6, 6.07) is 0.762. The number of likely N-dealkylation sites (tertiary alicyclic amines) is 1. The lowest BCUT2D eigenvalue weighted by molar-refractivity contribution is -0.130. The van der Waals surface area contributed by atoms with Crippen LogP contribution >= 0.6 is 0 Å². The zero-order valence-electron chi connectivity index (χ0n) is 11.6. The number of hydrogen-bond acceptors (Lipinski definition) is 4. The second-order valence-electron chi connectivity index (χ2n) is 5.89. The monoisotopic (exact) mass is 289 g/mol. The number of hydrogen-bond donors (Lipinski definition) is 1. The normalized spacial score (nSPS) is 33.2. The molecule has 1 saturated carbocycles. The fraction of sp³-hybridized carbons (Fsp3) is 0.917. The minimum Gasteiger partial charge on any atom is -0.338 e. The minimum atomic E-state index is -3.60. The summed E-state index contributed by atoms with van der Waals surface area (Å²) in [6.45, 7) is 0.273. The van der Waals surface area contributed by atoms with E-state index in [0.717, 1.165) is 25.7 Å². The lowest BCUT2D eigenvalue weighted by Gasteiger charge is -2.37.